The van der Waals surface area contributed by atoms with E-state index in [1.165, 1.54) is 24.2 Å². The molecule has 168 valence electrons. The smallest absolute Gasteiger partial charge is 0.263 e. The second-order valence-electron chi connectivity index (χ2n) is 8.57. The second kappa shape index (κ2) is 8.95. The van der Waals surface area contributed by atoms with Crippen LogP contribution in [0.1, 0.15) is 46.8 Å². The van der Waals surface area contributed by atoms with E-state index < -0.39 is 0 Å². The van der Waals surface area contributed by atoms with Gasteiger partial charge in [-0.15, -0.1) is 21.5 Å². The van der Waals surface area contributed by atoms with Crippen LogP contribution in [0.5, 0.6) is 0 Å². The van der Waals surface area contributed by atoms with Gasteiger partial charge in [0.15, 0.2) is 11.6 Å². The van der Waals surface area contributed by atoms with Crippen LogP contribution >= 0.6 is 11.3 Å². The lowest BCUT2D eigenvalue weighted by molar-refractivity contribution is 0.0831. The van der Waals surface area contributed by atoms with Gasteiger partial charge < -0.3 is 20.4 Å². The number of fused-ring (bicyclic) bond motifs is 1. The molecule has 1 aliphatic heterocycles. The summed E-state index contributed by atoms with van der Waals surface area (Å²) in [4.78, 5) is 26.8. The van der Waals surface area contributed by atoms with Gasteiger partial charge in [-0.3, -0.25) is 4.79 Å². The molecular formula is C22H28N8OS. The van der Waals surface area contributed by atoms with Crippen LogP contribution in [-0.4, -0.2) is 71.2 Å². The van der Waals surface area contributed by atoms with Crippen LogP contribution in [0.3, 0.4) is 0 Å². The van der Waals surface area contributed by atoms with E-state index >= 15 is 0 Å². The Kier molecular flexibility index (Phi) is 5.88. The van der Waals surface area contributed by atoms with Crippen LogP contribution in [-0.2, 0) is 0 Å². The molecule has 0 spiro atoms. The van der Waals surface area contributed by atoms with Crippen molar-refractivity contribution >= 4 is 45.0 Å². The largest absolute Gasteiger partial charge is 0.353 e. The number of aromatic nitrogens is 4. The first-order chi connectivity index (χ1) is 15.6. The first-order valence-electron chi connectivity index (χ1n) is 11.2. The van der Waals surface area contributed by atoms with Crippen LogP contribution < -0.4 is 15.5 Å². The summed E-state index contributed by atoms with van der Waals surface area (Å²) in [5.41, 5.74) is 1.97. The maximum absolute atomic E-state index is 12.9. The van der Waals surface area contributed by atoms with Gasteiger partial charge in [0, 0.05) is 45.8 Å². The minimum atomic E-state index is 0.0405. The summed E-state index contributed by atoms with van der Waals surface area (Å²) >= 11 is 1.50. The summed E-state index contributed by atoms with van der Waals surface area (Å²) in [6.07, 6.45) is 6.41. The van der Waals surface area contributed by atoms with Gasteiger partial charge in [-0.25, -0.2) is 9.97 Å². The molecule has 3 aromatic heterocycles. The maximum atomic E-state index is 12.9. The number of amides is 1. The molecule has 2 aliphatic rings. The van der Waals surface area contributed by atoms with Gasteiger partial charge in [-0.2, -0.15) is 0 Å². The quantitative estimate of drug-likeness (QED) is 0.610. The molecule has 0 aromatic carbocycles. The third-order valence-electron chi connectivity index (χ3n) is 6.16. The van der Waals surface area contributed by atoms with Crippen LogP contribution in [0.2, 0.25) is 0 Å². The lowest BCUT2D eigenvalue weighted by Crippen LogP contribution is -2.43. The first-order valence-corrected chi connectivity index (χ1v) is 12.0. The molecule has 32 heavy (non-hydrogen) atoms. The Bertz CT molecular complexity index is 1100. The van der Waals surface area contributed by atoms with Crippen molar-refractivity contribution in [2.45, 2.75) is 31.6 Å². The molecule has 1 amide bonds. The van der Waals surface area contributed by atoms with Gasteiger partial charge in [0.1, 0.15) is 0 Å². The van der Waals surface area contributed by atoms with Gasteiger partial charge in [-0.05, 0) is 30.9 Å². The molecule has 10 heteroatoms. The lowest BCUT2D eigenvalue weighted by Gasteiger charge is -2.27. The average Bonchev–Trinajstić information content (AvgIpc) is 3.47. The summed E-state index contributed by atoms with van der Waals surface area (Å²) in [6.45, 7) is 3.77. The number of piperazine rings is 1. The predicted molar refractivity (Wildman–Crippen MR) is 127 cm³/mol. The normalized spacial score (nSPS) is 17.1. The van der Waals surface area contributed by atoms with Crippen molar-refractivity contribution in [3.05, 3.63) is 28.8 Å². The van der Waals surface area contributed by atoms with E-state index in [2.05, 4.69) is 30.7 Å². The number of nitrogens with zero attached hydrogens (tertiary/aromatic N) is 6. The molecule has 2 fully saturated rings. The fraction of sp³-hybridized carbons (Fsp3) is 0.500. The highest BCUT2D eigenvalue weighted by atomic mass is 32.1. The van der Waals surface area contributed by atoms with Crippen molar-refractivity contribution in [3.8, 4) is 0 Å². The average molecular weight is 453 g/mol. The zero-order chi connectivity index (χ0) is 22.1. The van der Waals surface area contributed by atoms with Crippen LogP contribution in [0.4, 0.5) is 17.6 Å². The number of carbonyl (C=O) groups excluding carboxylic acids is 1. The zero-order valence-corrected chi connectivity index (χ0v) is 19.3. The molecule has 2 N–H and O–H groups in total. The summed E-state index contributed by atoms with van der Waals surface area (Å²) in [7, 11) is 3.60. The van der Waals surface area contributed by atoms with Crippen LogP contribution in [0.25, 0.3) is 10.2 Å². The lowest BCUT2D eigenvalue weighted by atomic mass is 9.96. The van der Waals surface area contributed by atoms with Gasteiger partial charge >= 0.3 is 0 Å². The third kappa shape index (κ3) is 4.12. The van der Waals surface area contributed by atoms with E-state index in [4.69, 9.17) is 4.98 Å². The van der Waals surface area contributed by atoms with E-state index in [-0.39, 0.29) is 5.91 Å². The van der Waals surface area contributed by atoms with Crippen LogP contribution in [0.15, 0.2) is 18.3 Å². The number of rotatable bonds is 5. The summed E-state index contributed by atoms with van der Waals surface area (Å²) in [6, 6.07) is 3.88. The molecule has 4 heterocycles. The minimum absolute atomic E-state index is 0.0405. The summed E-state index contributed by atoms with van der Waals surface area (Å²) < 4.78 is 0.947. The number of hydrogen-bond donors (Lipinski definition) is 2. The summed E-state index contributed by atoms with van der Waals surface area (Å²) in [5, 5.41) is 15.2. The molecule has 9 nitrogen and oxygen atoms in total. The van der Waals surface area contributed by atoms with Crippen molar-refractivity contribution in [2.24, 2.45) is 0 Å². The standard InChI is InChI=1S/C22H28N8OS/c1-29(2)21(31)20-18(14-5-3-4-6-14)19-15(32-20)13-24-22(26-19)25-16-7-8-17(28-27-16)30-11-9-23-10-12-30/h7-8,13-14,23H,3-6,9-12H2,1-2H3,(H,24,25,26,27). The number of anilines is 3. The highest BCUT2D eigenvalue weighted by Gasteiger charge is 2.29. The SMILES string of the molecule is CN(C)C(=O)c1sc2cnc(Nc3ccc(N4CCNCC4)nn3)nc2c1C1CCCC1. The Hall–Kier alpha value is -2.85. The molecule has 0 bridgehead atoms. The molecule has 3 aromatic rings. The second-order valence-corrected chi connectivity index (χ2v) is 9.62. The molecule has 1 saturated carbocycles. The van der Waals surface area contributed by atoms with E-state index in [0.717, 1.165) is 65.5 Å². The van der Waals surface area contributed by atoms with Crippen molar-refractivity contribution in [1.29, 1.82) is 0 Å². The van der Waals surface area contributed by atoms with E-state index in [1.54, 1.807) is 19.0 Å². The summed E-state index contributed by atoms with van der Waals surface area (Å²) in [5.74, 6) is 2.37. The van der Waals surface area contributed by atoms with E-state index in [1.807, 2.05) is 18.3 Å². The van der Waals surface area contributed by atoms with Crippen molar-refractivity contribution in [3.63, 3.8) is 0 Å². The highest BCUT2D eigenvalue weighted by molar-refractivity contribution is 7.21. The van der Waals surface area contributed by atoms with Crippen molar-refractivity contribution < 1.29 is 4.79 Å². The molecule has 1 aliphatic carbocycles. The van der Waals surface area contributed by atoms with Gasteiger partial charge in [0.25, 0.3) is 5.91 Å². The molecule has 0 radical (unpaired) electrons. The Balaban J connectivity index is 1.43. The topological polar surface area (TPSA) is 99.2 Å². The third-order valence-corrected chi connectivity index (χ3v) is 7.28. The van der Waals surface area contributed by atoms with Crippen LogP contribution in [0, 0.1) is 0 Å². The fourth-order valence-corrected chi connectivity index (χ4v) is 5.72. The monoisotopic (exact) mass is 452 g/mol. The molecular weight excluding hydrogens is 424 g/mol. The van der Waals surface area contributed by atoms with Gasteiger partial charge in [0.05, 0.1) is 21.3 Å². The van der Waals surface area contributed by atoms with Crippen molar-refractivity contribution in [1.82, 2.24) is 30.4 Å². The molecule has 5 rings (SSSR count). The Morgan fingerprint density at radius 2 is 1.97 bits per heavy atom. The Morgan fingerprint density at radius 1 is 1.19 bits per heavy atom. The molecule has 0 unspecified atom stereocenters. The van der Waals surface area contributed by atoms with E-state index in [0.29, 0.717) is 17.7 Å². The van der Waals surface area contributed by atoms with E-state index in [9.17, 15) is 4.79 Å². The predicted octanol–water partition coefficient (Wildman–Crippen LogP) is 2.99. The Labute approximate surface area is 191 Å². The molecule has 1 saturated heterocycles. The Morgan fingerprint density at radius 3 is 2.66 bits per heavy atom. The number of nitrogens with one attached hydrogen (secondary N) is 2. The minimum Gasteiger partial charge on any atom is -0.353 e. The first kappa shape index (κ1) is 21.0. The highest BCUT2D eigenvalue weighted by Crippen LogP contribution is 2.43. The fourth-order valence-electron chi connectivity index (χ4n) is 4.50. The van der Waals surface area contributed by atoms with Gasteiger partial charge in [0.2, 0.25) is 5.95 Å². The van der Waals surface area contributed by atoms with Gasteiger partial charge in [-0.1, -0.05) is 12.8 Å². The number of thiophene rings is 1. The zero-order valence-electron chi connectivity index (χ0n) is 18.5. The van der Waals surface area contributed by atoms with Crippen molar-refractivity contribution in [2.75, 3.05) is 50.5 Å². The number of hydrogen-bond acceptors (Lipinski definition) is 9. The number of carbonyl (C=O) groups is 1. The molecule has 0 atom stereocenters. The maximum Gasteiger partial charge on any atom is 0.263 e.